The molecule has 9 heteroatoms. The summed E-state index contributed by atoms with van der Waals surface area (Å²) in [5, 5.41) is 2.78. The first-order chi connectivity index (χ1) is 12.5. The Balaban J connectivity index is 2.17. The van der Waals surface area contributed by atoms with Crippen LogP contribution in [0.5, 0.6) is 11.5 Å². The van der Waals surface area contributed by atoms with Crippen molar-refractivity contribution in [2.45, 2.75) is 30.2 Å². The van der Waals surface area contributed by atoms with Crippen LogP contribution in [0.25, 0.3) is 0 Å². The van der Waals surface area contributed by atoms with Gasteiger partial charge in [-0.05, 0) is 31.4 Å². The van der Waals surface area contributed by atoms with Crippen LogP contribution in [0, 0.1) is 0 Å². The molecule has 0 radical (unpaired) electrons. The molecule has 0 spiro atoms. The maximum atomic E-state index is 13.0. The van der Waals surface area contributed by atoms with Crippen LogP contribution >= 0.6 is 0 Å². The van der Waals surface area contributed by atoms with Gasteiger partial charge in [0.1, 0.15) is 6.04 Å². The van der Waals surface area contributed by atoms with E-state index in [1.165, 1.54) is 30.7 Å². The molecule has 1 aliphatic rings. The zero-order valence-corrected chi connectivity index (χ0v) is 16.2. The average molecular weight is 386 g/mol. The maximum absolute atomic E-state index is 13.0. The molecule has 8 nitrogen and oxygen atoms in total. The van der Waals surface area contributed by atoms with E-state index in [1.54, 1.807) is 13.2 Å². The van der Waals surface area contributed by atoms with Gasteiger partial charge < -0.3 is 19.5 Å². The third-order valence-electron chi connectivity index (χ3n) is 4.29. The van der Waals surface area contributed by atoms with Gasteiger partial charge in [0, 0.05) is 32.9 Å². The van der Waals surface area contributed by atoms with Gasteiger partial charge in [-0.1, -0.05) is 0 Å². The Bertz CT molecular complexity index is 722. The lowest BCUT2D eigenvalue weighted by Crippen LogP contribution is -2.46. The van der Waals surface area contributed by atoms with E-state index in [4.69, 9.17) is 14.2 Å². The highest BCUT2D eigenvalue weighted by molar-refractivity contribution is 7.89. The van der Waals surface area contributed by atoms with Crippen molar-refractivity contribution in [2.75, 3.05) is 41.0 Å². The number of ether oxygens (including phenoxy) is 3. The summed E-state index contributed by atoms with van der Waals surface area (Å²) in [6.07, 6.45) is 1.82. The van der Waals surface area contributed by atoms with Crippen molar-refractivity contribution in [3.63, 3.8) is 0 Å². The van der Waals surface area contributed by atoms with Gasteiger partial charge in [0.25, 0.3) is 0 Å². The Labute approximate surface area is 154 Å². The Morgan fingerprint density at radius 3 is 2.62 bits per heavy atom. The number of carbonyl (C=O) groups is 1. The molecular formula is C17H26N2O6S. The third-order valence-corrected chi connectivity index (χ3v) is 6.20. The van der Waals surface area contributed by atoms with Gasteiger partial charge in [-0.2, -0.15) is 4.31 Å². The Morgan fingerprint density at radius 2 is 1.96 bits per heavy atom. The molecule has 146 valence electrons. The number of carbonyl (C=O) groups excluding carboxylic acids is 1. The van der Waals surface area contributed by atoms with Gasteiger partial charge in [0.2, 0.25) is 15.9 Å². The summed E-state index contributed by atoms with van der Waals surface area (Å²) in [5.74, 6) is 0.497. The molecule has 1 unspecified atom stereocenters. The lowest BCUT2D eigenvalue weighted by Gasteiger charge is -2.23. The van der Waals surface area contributed by atoms with E-state index in [0.29, 0.717) is 50.5 Å². The number of benzene rings is 1. The molecule has 1 aromatic carbocycles. The standard InChI is InChI=1S/C17H26N2O6S/c1-23-11-5-9-18-17(20)14-6-4-10-19(14)26(21,22)13-7-8-15(24-2)16(12-13)25-3/h7-8,12,14H,4-6,9-11H2,1-3H3,(H,18,20). The fraction of sp³-hybridized carbons (Fsp3) is 0.588. The Morgan fingerprint density at radius 1 is 1.23 bits per heavy atom. The van der Waals surface area contributed by atoms with Crippen LogP contribution in [0.1, 0.15) is 19.3 Å². The minimum absolute atomic E-state index is 0.0780. The maximum Gasteiger partial charge on any atom is 0.243 e. The summed E-state index contributed by atoms with van der Waals surface area (Å²) in [5.41, 5.74) is 0. The normalized spacial score (nSPS) is 17.9. The first-order valence-electron chi connectivity index (χ1n) is 8.46. The lowest BCUT2D eigenvalue weighted by atomic mass is 10.2. The molecule has 0 saturated carbocycles. The average Bonchev–Trinajstić information content (AvgIpc) is 3.15. The third kappa shape index (κ3) is 4.46. The van der Waals surface area contributed by atoms with E-state index in [9.17, 15) is 13.2 Å². The molecule has 1 amide bonds. The van der Waals surface area contributed by atoms with E-state index in [1.807, 2.05) is 0 Å². The first-order valence-corrected chi connectivity index (χ1v) is 9.90. The van der Waals surface area contributed by atoms with E-state index < -0.39 is 16.1 Å². The molecule has 1 saturated heterocycles. The van der Waals surface area contributed by atoms with E-state index >= 15 is 0 Å². The second kappa shape index (κ2) is 9.20. The van der Waals surface area contributed by atoms with Crippen molar-refractivity contribution in [3.05, 3.63) is 18.2 Å². The monoisotopic (exact) mass is 386 g/mol. The van der Waals surface area contributed by atoms with Crippen LogP contribution in [0.3, 0.4) is 0 Å². The Kier molecular flexibility index (Phi) is 7.24. The molecule has 1 fully saturated rings. The first kappa shape index (κ1) is 20.5. The summed E-state index contributed by atoms with van der Waals surface area (Å²) >= 11 is 0. The van der Waals surface area contributed by atoms with Crippen molar-refractivity contribution >= 4 is 15.9 Å². The largest absolute Gasteiger partial charge is 0.493 e. The fourth-order valence-electron chi connectivity index (χ4n) is 2.95. The highest BCUT2D eigenvalue weighted by Crippen LogP contribution is 2.33. The Hall–Kier alpha value is -1.84. The summed E-state index contributed by atoms with van der Waals surface area (Å²) < 4.78 is 42.6. The fourth-order valence-corrected chi connectivity index (χ4v) is 4.62. The summed E-state index contributed by atoms with van der Waals surface area (Å²) in [4.78, 5) is 12.5. The second-order valence-corrected chi connectivity index (χ2v) is 7.82. The summed E-state index contributed by atoms with van der Waals surface area (Å²) in [7, 11) is 0.707. The van der Waals surface area contributed by atoms with Gasteiger partial charge in [-0.25, -0.2) is 8.42 Å². The number of nitrogens with one attached hydrogen (secondary N) is 1. The topological polar surface area (TPSA) is 94.2 Å². The van der Waals surface area contributed by atoms with Gasteiger partial charge in [-0.3, -0.25) is 4.79 Å². The van der Waals surface area contributed by atoms with E-state index in [2.05, 4.69) is 5.32 Å². The minimum Gasteiger partial charge on any atom is -0.493 e. The number of rotatable bonds is 9. The molecule has 0 aliphatic carbocycles. The van der Waals surface area contributed by atoms with Crippen molar-refractivity contribution in [3.8, 4) is 11.5 Å². The molecule has 1 aliphatic heterocycles. The smallest absolute Gasteiger partial charge is 0.243 e. The molecule has 0 aromatic heterocycles. The molecular weight excluding hydrogens is 360 g/mol. The SMILES string of the molecule is COCCCNC(=O)C1CCCN1S(=O)(=O)c1ccc(OC)c(OC)c1. The molecule has 26 heavy (non-hydrogen) atoms. The van der Waals surface area contributed by atoms with Crippen LogP contribution < -0.4 is 14.8 Å². The number of methoxy groups -OCH3 is 3. The predicted octanol–water partition coefficient (Wildman–Crippen LogP) is 1.01. The van der Waals surface area contributed by atoms with Gasteiger partial charge in [0.15, 0.2) is 11.5 Å². The molecule has 2 rings (SSSR count). The molecule has 1 heterocycles. The summed E-state index contributed by atoms with van der Waals surface area (Å²) in [6, 6.07) is 3.72. The van der Waals surface area contributed by atoms with Crippen molar-refractivity contribution in [1.82, 2.24) is 9.62 Å². The molecule has 1 aromatic rings. The molecule has 1 N–H and O–H groups in total. The van der Waals surface area contributed by atoms with Gasteiger partial charge in [0.05, 0.1) is 19.1 Å². The van der Waals surface area contributed by atoms with Gasteiger partial charge in [-0.15, -0.1) is 0 Å². The van der Waals surface area contributed by atoms with Crippen LogP contribution in [-0.4, -0.2) is 65.7 Å². The number of hydrogen-bond acceptors (Lipinski definition) is 6. The molecule has 1 atom stereocenters. The minimum atomic E-state index is -3.81. The number of sulfonamides is 1. The lowest BCUT2D eigenvalue weighted by molar-refractivity contribution is -0.124. The second-order valence-electron chi connectivity index (χ2n) is 5.93. The van der Waals surface area contributed by atoms with Crippen molar-refractivity contribution in [2.24, 2.45) is 0 Å². The highest BCUT2D eigenvalue weighted by atomic mass is 32.2. The number of hydrogen-bond donors (Lipinski definition) is 1. The van der Waals surface area contributed by atoms with Crippen molar-refractivity contribution < 1.29 is 27.4 Å². The summed E-state index contributed by atoms with van der Waals surface area (Å²) in [6.45, 7) is 1.30. The van der Waals surface area contributed by atoms with Crippen LogP contribution in [0.2, 0.25) is 0 Å². The van der Waals surface area contributed by atoms with Crippen LogP contribution in [0.4, 0.5) is 0 Å². The van der Waals surface area contributed by atoms with E-state index in [-0.39, 0.29) is 10.8 Å². The zero-order chi connectivity index (χ0) is 19.2. The van der Waals surface area contributed by atoms with E-state index in [0.717, 1.165) is 0 Å². The van der Waals surface area contributed by atoms with Gasteiger partial charge >= 0.3 is 0 Å². The quantitative estimate of drug-likeness (QED) is 0.637. The molecule has 0 bridgehead atoms. The number of amides is 1. The highest BCUT2D eigenvalue weighted by Gasteiger charge is 2.39. The van der Waals surface area contributed by atoms with Crippen LogP contribution in [-0.2, 0) is 19.6 Å². The zero-order valence-electron chi connectivity index (χ0n) is 15.4. The predicted molar refractivity (Wildman–Crippen MR) is 96.0 cm³/mol. The van der Waals surface area contributed by atoms with Crippen molar-refractivity contribution in [1.29, 1.82) is 0 Å². The van der Waals surface area contributed by atoms with Crippen LogP contribution in [0.15, 0.2) is 23.1 Å². The number of nitrogens with zero attached hydrogens (tertiary/aromatic N) is 1.